The maximum Gasteiger partial charge on any atom is 0.126 e. The van der Waals surface area contributed by atoms with E-state index < -0.39 is 0 Å². The monoisotopic (exact) mass is 261 g/mol. The number of aryl methyl sites for hydroxylation is 1. The molecular formula is C16H23NO2. The Balaban J connectivity index is 1.62. The molecule has 0 bridgehead atoms. The van der Waals surface area contributed by atoms with Crippen molar-refractivity contribution >= 4 is 0 Å². The van der Waals surface area contributed by atoms with Gasteiger partial charge in [-0.2, -0.15) is 0 Å². The zero-order valence-electron chi connectivity index (χ0n) is 11.7. The van der Waals surface area contributed by atoms with Crippen LogP contribution in [0.5, 0.6) is 5.75 Å². The van der Waals surface area contributed by atoms with Gasteiger partial charge in [-0.3, -0.25) is 0 Å². The third kappa shape index (κ3) is 3.48. The van der Waals surface area contributed by atoms with Crippen molar-refractivity contribution in [2.45, 2.75) is 51.3 Å². The molecule has 0 amide bonds. The van der Waals surface area contributed by atoms with E-state index in [1.165, 1.54) is 24.0 Å². The molecule has 1 heterocycles. The van der Waals surface area contributed by atoms with E-state index in [1.807, 2.05) is 0 Å². The van der Waals surface area contributed by atoms with Crippen LogP contribution in [0.15, 0.2) is 18.2 Å². The van der Waals surface area contributed by atoms with E-state index in [2.05, 4.69) is 30.4 Å². The SMILES string of the molecule is Cc1cccc(CNC2CC2)c1OCC1CCCO1. The molecule has 1 N–H and O–H groups in total. The topological polar surface area (TPSA) is 30.5 Å². The maximum atomic E-state index is 6.04. The molecule has 1 aliphatic heterocycles. The average molecular weight is 261 g/mol. The van der Waals surface area contributed by atoms with Crippen LogP contribution in [0.4, 0.5) is 0 Å². The van der Waals surface area contributed by atoms with Crippen LogP contribution in [-0.2, 0) is 11.3 Å². The lowest BCUT2D eigenvalue weighted by atomic mass is 10.1. The van der Waals surface area contributed by atoms with E-state index in [9.17, 15) is 0 Å². The fraction of sp³-hybridized carbons (Fsp3) is 0.625. The molecule has 1 atom stereocenters. The molecule has 1 aromatic carbocycles. The molecule has 3 nitrogen and oxygen atoms in total. The second kappa shape index (κ2) is 5.93. The summed E-state index contributed by atoms with van der Waals surface area (Å²) in [6.07, 6.45) is 5.21. The summed E-state index contributed by atoms with van der Waals surface area (Å²) in [4.78, 5) is 0. The molecule has 3 rings (SSSR count). The van der Waals surface area contributed by atoms with Gasteiger partial charge in [-0.1, -0.05) is 18.2 Å². The van der Waals surface area contributed by atoms with Gasteiger partial charge in [0.2, 0.25) is 0 Å². The molecule has 0 aromatic heterocycles. The normalized spacial score (nSPS) is 22.7. The predicted molar refractivity (Wildman–Crippen MR) is 75.5 cm³/mol. The van der Waals surface area contributed by atoms with Crippen molar-refractivity contribution in [1.29, 1.82) is 0 Å². The highest BCUT2D eigenvalue weighted by Crippen LogP contribution is 2.26. The minimum atomic E-state index is 0.281. The number of para-hydroxylation sites is 1. The number of ether oxygens (including phenoxy) is 2. The minimum absolute atomic E-state index is 0.281. The second-order valence-electron chi connectivity index (χ2n) is 5.66. The fourth-order valence-corrected chi connectivity index (χ4v) is 2.55. The van der Waals surface area contributed by atoms with Crippen LogP contribution < -0.4 is 10.1 Å². The van der Waals surface area contributed by atoms with Crippen LogP contribution in [-0.4, -0.2) is 25.4 Å². The van der Waals surface area contributed by atoms with E-state index in [0.717, 1.165) is 37.8 Å². The molecule has 1 saturated heterocycles. The van der Waals surface area contributed by atoms with Gasteiger partial charge in [0.25, 0.3) is 0 Å². The minimum Gasteiger partial charge on any atom is -0.490 e. The summed E-state index contributed by atoms with van der Waals surface area (Å²) in [5.41, 5.74) is 2.48. The molecule has 19 heavy (non-hydrogen) atoms. The van der Waals surface area contributed by atoms with Gasteiger partial charge >= 0.3 is 0 Å². The number of hydrogen-bond acceptors (Lipinski definition) is 3. The van der Waals surface area contributed by atoms with Crippen LogP contribution in [0, 0.1) is 6.92 Å². The third-order valence-electron chi connectivity index (χ3n) is 3.89. The molecule has 1 aliphatic carbocycles. The summed E-state index contributed by atoms with van der Waals surface area (Å²) in [6.45, 7) is 4.60. The zero-order valence-corrected chi connectivity index (χ0v) is 11.7. The highest BCUT2D eigenvalue weighted by atomic mass is 16.5. The van der Waals surface area contributed by atoms with Crippen molar-refractivity contribution < 1.29 is 9.47 Å². The Bertz CT molecular complexity index is 423. The van der Waals surface area contributed by atoms with Gasteiger partial charge in [-0.05, 0) is 38.2 Å². The summed E-state index contributed by atoms with van der Waals surface area (Å²) < 4.78 is 11.7. The van der Waals surface area contributed by atoms with Crippen molar-refractivity contribution in [2.75, 3.05) is 13.2 Å². The molecule has 1 saturated carbocycles. The Kier molecular flexibility index (Phi) is 4.04. The number of benzene rings is 1. The van der Waals surface area contributed by atoms with Crippen LogP contribution in [0.25, 0.3) is 0 Å². The highest BCUT2D eigenvalue weighted by Gasteiger charge is 2.21. The van der Waals surface area contributed by atoms with Gasteiger partial charge in [0.15, 0.2) is 0 Å². The maximum absolute atomic E-state index is 6.04. The summed E-state index contributed by atoms with van der Waals surface area (Å²) in [7, 11) is 0. The number of rotatable bonds is 6. The fourth-order valence-electron chi connectivity index (χ4n) is 2.55. The standard InChI is InChI=1S/C16H23NO2/c1-12-4-2-5-13(10-17-14-7-8-14)16(12)19-11-15-6-3-9-18-15/h2,4-5,14-15,17H,3,6-11H2,1H3. The Labute approximate surface area is 115 Å². The lowest BCUT2D eigenvalue weighted by Crippen LogP contribution is -2.19. The van der Waals surface area contributed by atoms with Gasteiger partial charge in [0, 0.05) is 24.8 Å². The molecule has 104 valence electrons. The van der Waals surface area contributed by atoms with Gasteiger partial charge in [0.1, 0.15) is 12.4 Å². The molecule has 2 aliphatic rings. The number of nitrogens with one attached hydrogen (secondary N) is 1. The van der Waals surface area contributed by atoms with Crippen molar-refractivity contribution in [1.82, 2.24) is 5.32 Å². The zero-order chi connectivity index (χ0) is 13.1. The molecular weight excluding hydrogens is 238 g/mol. The lowest BCUT2D eigenvalue weighted by molar-refractivity contribution is 0.0673. The lowest BCUT2D eigenvalue weighted by Gasteiger charge is -2.17. The molecule has 2 fully saturated rings. The van der Waals surface area contributed by atoms with E-state index >= 15 is 0 Å². The first-order valence-electron chi connectivity index (χ1n) is 7.39. The number of hydrogen-bond donors (Lipinski definition) is 1. The quantitative estimate of drug-likeness (QED) is 0.854. The Morgan fingerprint density at radius 3 is 2.95 bits per heavy atom. The molecule has 0 radical (unpaired) electrons. The van der Waals surface area contributed by atoms with E-state index in [1.54, 1.807) is 0 Å². The largest absolute Gasteiger partial charge is 0.490 e. The van der Waals surface area contributed by atoms with E-state index in [0.29, 0.717) is 6.61 Å². The molecule has 1 unspecified atom stereocenters. The summed E-state index contributed by atoms with van der Waals surface area (Å²) in [5.74, 6) is 1.05. The van der Waals surface area contributed by atoms with Crippen molar-refractivity contribution in [3.8, 4) is 5.75 Å². The van der Waals surface area contributed by atoms with Crippen molar-refractivity contribution in [3.63, 3.8) is 0 Å². The second-order valence-corrected chi connectivity index (χ2v) is 5.66. The van der Waals surface area contributed by atoms with Crippen molar-refractivity contribution in [3.05, 3.63) is 29.3 Å². The first kappa shape index (κ1) is 12.9. The van der Waals surface area contributed by atoms with Gasteiger partial charge in [0.05, 0.1) is 6.10 Å². The van der Waals surface area contributed by atoms with Gasteiger partial charge < -0.3 is 14.8 Å². The van der Waals surface area contributed by atoms with Crippen LogP contribution >= 0.6 is 0 Å². The molecule has 3 heteroatoms. The van der Waals surface area contributed by atoms with E-state index in [4.69, 9.17) is 9.47 Å². The van der Waals surface area contributed by atoms with Crippen LogP contribution in [0.3, 0.4) is 0 Å². The van der Waals surface area contributed by atoms with E-state index in [-0.39, 0.29) is 6.10 Å². The van der Waals surface area contributed by atoms with Gasteiger partial charge in [-0.15, -0.1) is 0 Å². The van der Waals surface area contributed by atoms with Crippen LogP contribution in [0.1, 0.15) is 36.8 Å². The third-order valence-corrected chi connectivity index (χ3v) is 3.89. The Morgan fingerprint density at radius 1 is 1.32 bits per heavy atom. The summed E-state index contributed by atoms with van der Waals surface area (Å²) in [6, 6.07) is 7.11. The smallest absolute Gasteiger partial charge is 0.126 e. The molecule has 0 spiro atoms. The Hall–Kier alpha value is -1.06. The van der Waals surface area contributed by atoms with Crippen molar-refractivity contribution in [2.24, 2.45) is 0 Å². The average Bonchev–Trinajstić information content (AvgIpc) is 3.10. The molecule has 1 aromatic rings. The summed E-state index contributed by atoms with van der Waals surface area (Å²) in [5, 5.41) is 3.56. The first-order valence-corrected chi connectivity index (χ1v) is 7.39. The highest BCUT2D eigenvalue weighted by molar-refractivity contribution is 5.40. The Morgan fingerprint density at radius 2 is 2.21 bits per heavy atom. The predicted octanol–water partition coefficient (Wildman–Crippen LogP) is 2.80. The van der Waals surface area contributed by atoms with Crippen LogP contribution in [0.2, 0.25) is 0 Å². The first-order chi connectivity index (χ1) is 9.33. The van der Waals surface area contributed by atoms with Gasteiger partial charge in [-0.25, -0.2) is 0 Å². The summed E-state index contributed by atoms with van der Waals surface area (Å²) >= 11 is 0.